The molecule has 2 rings (SSSR count). The lowest BCUT2D eigenvalue weighted by atomic mass is 9.88. The molecule has 110 valence electrons. The molecule has 0 bridgehead atoms. The van der Waals surface area contributed by atoms with Crippen molar-refractivity contribution in [2.75, 3.05) is 21.3 Å². The average Bonchev–Trinajstić information content (AvgIpc) is 3.18. The van der Waals surface area contributed by atoms with Crippen LogP contribution in [0.2, 0.25) is 0 Å². The SMILES string of the molecule is COCc1c(C2(CC(=O)O)CC2)ccc(OC)c1OC. The second-order valence-corrected chi connectivity index (χ2v) is 5.11. The van der Waals surface area contributed by atoms with E-state index >= 15 is 0 Å². The Labute approximate surface area is 118 Å². The molecule has 0 spiro atoms. The summed E-state index contributed by atoms with van der Waals surface area (Å²) in [6, 6.07) is 3.76. The van der Waals surface area contributed by atoms with E-state index in [-0.39, 0.29) is 11.8 Å². The number of carboxylic acids is 1. The lowest BCUT2D eigenvalue weighted by Gasteiger charge is -2.21. The van der Waals surface area contributed by atoms with Gasteiger partial charge in [0, 0.05) is 18.1 Å². The first kappa shape index (κ1) is 14.7. The summed E-state index contributed by atoms with van der Waals surface area (Å²) in [5, 5.41) is 9.11. The van der Waals surface area contributed by atoms with E-state index in [1.54, 1.807) is 21.3 Å². The molecule has 1 saturated carbocycles. The maximum absolute atomic E-state index is 11.1. The monoisotopic (exact) mass is 280 g/mol. The number of hydrogen-bond donors (Lipinski definition) is 1. The molecule has 1 aromatic carbocycles. The first-order valence-corrected chi connectivity index (χ1v) is 6.53. The number of benzene rings is 1. The summed E-state index contributed by atoms with van der Waals surface area (Å²) in [5.41, 5.74) is 1.60. The van der Waals surface area contributed by atoms with Crippen LogP contribution in [-0.4, -0.2) is 32.4 Å². The summed E-state index contributed by atoms with van der Waals surface area (Å²) < 4.78 is 16.0. The van der Waals surface area contributed by atoms with Gasteiger partial charge in [0.15, 0.2) is 11.5 Å². The standard InChI is InChI=1S/C15H20O5/c1-18-9-10-11(15(6-7-15)8-13(16)17)4-5-12(19-2)14(10)20-3/h4-5H,6-9H2,1-3H3,(H,16,17). The summed E-state index contributed by atoms with van der Waals surface area (Å²) in [6.07, 6.45) is 1.90. The molecule has 20 heavy (non-hydrogen) atoms. The Bertz CT molecular complexity index is 505. The fourth-order valence-corrected chi connectivity index (χ4v) is 2.76. The summed E-state index contributed by atoms with van der Waals surface area (Å²) in [7, 11) is 4.77. The minimum Gasteiger partial charge on any atom is -0.493 e. The Morgan fingerprint density at radius 1 is 1.25 bits per heavy atom. The van der Waals surface area contributed by atoms with Gasteiger partial charge in [-0.2, -0.15) is 0 Å². The molecule has 0 heterocycles. The molecule has 0 atom stereocenters. The lowest BCUT2D eigenvalue weighted by molar-refractivity contribution is -0.137. The molecule has 0 amide bonds. The van der Waals surface area contributed by atoms with Crippen molar-refractivity contribution in [3.8, 4) is 11.5 Å². The van der Waals surface area contributed by atoms with Crippen molar-refractivity contribution in [3.05, 3.63) is 23.3 Å². The summed E-state index contributed by atoms with van der Waals surface area (Å²) in [4.78, 5) is 11.1. The van der Waals surface area contributed by atoms with Crippen molar-refractivity contribution in [3.63, 3.8) is 0 Å². The maximum atomic E-state index is 11.1. The smallest absolute Gasteiger partial charge is 0.304 e. The molecule has 5 nitrogen and oxygen atoms in total. The molecular weight excluding hydrogens is 260 g/mol. The van der Waals surface area contributed by atoms with Crippen molar-refractivity contribution in [1.82, 2.24) is 0 Å². The van der Waals surface area contributed by atoms with Gasteiger partial charge in [0.05, 0.1) is 27.2 Å². The van der Waals surface area contributed by atoms with E-state index in [0.717, 1.165) is 24.0 Å². The molecule has 0 radical (unpaired) electrons. The third-order valence-corrected chi connectivity index (χ3v) is 3.85. The van der Waals surface area contributed by atoms with Gasteiger partial charge in [-0.15, -0.1) is 0 Å². The highest BCUT2D eigenvalue weighted by atomic mass is 16.5. The fourth-order valence-electron chi connectivity index (χ4n) is 2.76. The Hall–Kier alpha value is -1.75. The van der Waals surface area contributed by atoms with E-state index in [4.69, 9.17) is 19.3 Å². The molecule has 1 aliphatic carbocycles. The van der Waals surface area contributed by atoms with Crippen molar-refractivity contribution in [2.24, 2.45) is 0 Å². The highest BCUT2D eigenvalue weighted by molar-refractivity contribution is 5.71. The third-order valence-electron chi connectivity index (χ3n) is 3.85. The topological polar surface area (TPSA) is 65.0 Å². The number of methoxy groups -OCH3 is 3. The van der Waals surface area contributed by atoms with Crippen LogP contribution >= 0.6 is 0 Å². The first-order chi connectivity index (χ1) is 9.57. The van der Waals surface area contributed by atoms with Gasteiger partial charge in [-0.3, -0.25) is 4.79 Å². The minimum atomic E-state index is -0.777. The van der Waals surface area contributed by atoms with Gasteiger partial charge in [0.2, 0.25) is 0 Å². The Morgan fingerprint density at radius 2 is 1.95 bits per heavy atom. The van der Waals surface area contributed by atoms with Crippen LogP contribution in [0.4, 0.5) is 0 Å². The van der Waals surface area contributed by atoms with Gasteiger partial charge in [0.1, 0.15) is 0 Å². The zero-order valence-electron chi connectivity index (χ0n) is 12.1. The largest absolute Gasteiger partial charge is 0.493 e. The molecule has 1 N–H and O–H groups in total. The number of rotatable bonds is 7. The molecular formula is C15H20O5. The van der Waals surface area contributed by atoms with E-state index in [1.807, 2.05) is 12.1 Å². The van der Waals surface area contributed by atoms with Gasteiger partial charge in [0.25, 0.3) is 0 Å². The van der Waals surface area contributed by atoms with E-state index in [2.05, 4.69) is 0 Å². The van der Waals surface area contributed by atoms with E-state index < -0.39 is 5.97 Å². The van der Waals surface area contributed by atoms with E-state index in [1.165, 1.54) is 0 Å². The summed E-state index contributed by atoms with van der Waals surface area (Å²) in [6.45, 7) is 0.372. The molecule has 1 aromatic rings. The van der Waals surface area contributed by atoms with Crippen LogP contribution in [0.3, 0.4) is 0 Å². The third kappa shape index (κ3) is 2.58. The average molecular weight is 280 g/mol. The molecule has 0 saturated heterocycles. The molecule has 1 aliphatic rings. The van der Waals surface area contributed by atoms with Crippen LogP contribution in [0.5, 0.6) is 11.5 Å². The Morgan fingerprint density at radius 3 is 2.40 bits per heavy atom. The molecule has 0 aliphatic heterocycles. The number of aliphatic carboxylic acids is 1. The predicted molar refractivity (Wildman–Crippen MR) is 73.4 cm³/mol. The Kier molecular flexibility index (Phi) is 4.18. The fraction of sp³-hybridized carbons (Fsp3) is 0.533. The predicted octanol–water partition coefficient (Wildman–Crippen LogP) is 2.36. The van der Waals surface area contributed by atoms with Gasteiger partial charge in [-0.25, -0.2) is 0 Å². The van der Waals surface area contributed by atoms with Gasteiger partial charge >= 0.3 is 5.97 Å². The summed E-state index contributed by atoms with van der Waals surface area (Å²) >= 11 is 0. The highest BCUT2D eigenvalue weighted by Crippen LogP contribution is 2.54. The zero-order chi connectivity index (χ0) is 14.8. The summed E-state index contributed by atoms with van der Waals surface area (Å²) in [5.74, 6) is 0.485. The lowest BCUT2D eigenvalue weighted by Crippen LogP contribution is -2.16. The van der Waals surface area contributed by atoms with Gasteiger partial charge in [-0.1, -0.05) is 6.07 Å². The van der Waals surface area contributed by atoms with Crippen molar-refractivity contribution >= 4 is 5.97 Å². The van der Waals surface area contributed by atoms with E-state index in [9.17, 15) is 4.79 Å². The molecule has 1 fully saturated rings. The molecule has 0 aromatic heterocycles. The van der Waals surface area contributed by atoms with Gasteiger partial charge in [-0.05, 0) is 24.5 Å². The number of carbonyl (C=O) groups is 1. The minimum absolute atomic E-state index is 0.138. The van der Waals surface area contributed by atoms with Crippen LogP contribution in [-0.2, 0) is 21.6 Å². The van der Waals surface area contributed by atoms with Crippen LogP contribution in [0.1, 0.15) is 30.4 Å². The second-order valence-electron chi connectivity index (χ2n) is 5.11. The quantitative estimate of drug-likeness (QED) is 0.830. The molecule has 0 unspecified atom stereocenters. The zero-order valence-corrected chi connectivity index (χ0v) is 12.1. The number of carboxylic acid groups (broad SMARTS) is 1. The highest BCUT2D eigenvalue weighted by Gasteiger charge is 2.47. The Balaban J connectivity index is 2.50. The van der Waals surface area contributed by atoms with Crippen molar-refractivity contribution in [2.45, 2.75) is 31.3 Å². The normalized spacial score (nSPS) is 15.8. The van der Waals surface area contributed by atoms with Crippen LogP contribution in [0.25, 0.3) is 0 Å². The number of ether oxygens (including phenoxy) is 3. The first-order valence-electron chi connectivity index (χ1n) is 6.53. The van der Waals surface area contributed by atoms with Crippen molar-refractivity contribution < 1.29 is 24.1 Å². The van der Waals surface area contributed by atoms with Crippen LogP contribution in [0, 0.1) is 0 Å². The van der Waals surface area contributed by atoms with Crippen LogP contribution < -0.4 is 9.47 Å². The van der Waals surface area contributed by atoms with E-state index in [0.29, 0.717) is 18.1 Å². The molecule has 5 heteroatoms. The second kappa shape index (κ2) is 5.71. The van der Waals surface area contributed by atoms with Crippen LogP contribution in [0.15, 0.2) is 12.1 Å². The van der Waals surface area contributed by atoms with Gasteiger partial charge < -0.3 is 19.3 Å². The number of hydrogen-bond acceptors (Lipinski definition) is 4. The van der Waals surface area contributed by atoms with Crippen molar-refractivity contribution in [1.29, 1.82) is 0 Å². The maximum Gasteiger partial charge on any atom is 0.304 e.